The van der Waals surface area contributed by atoms with Crippen LogP contribution in [0.25, 0.3) is 0 Å². The average molecular weight is 548 g/mol. The van der Waals surface area contributed by atoms with E-state index in [4.69, 9.17) is 0 Å². The zero-order chi connectivity index (χ0) is 29.0. The van der Waals surface area contributed by atoms with E-state index >= 15 is 0 Å². The van der Waals surface area contributed by atoms with Crippen LogP contribution in [-0.2, 0) is 0 Å². The van der Waals surface area contributed by atoms with E-state index in [1.54, 1.807) is 0 Å². The molecule has 230 valence electrons. The van der Waals surface area contributed by atoms with Gasteiger partial charge in [0.1, 0.15) is 0 Å². The molecule has 0 aromatic heterocycles. The predicted molar refractivity (Wildman–Crippen MR) is 171 cm³/mol. The van der Waals surface area contributed by atoms with Gasteiger partial charge in [-0.1, -0.05) is 13.8 Å². The summed E-state index contributed by atoms with van der Waals surface area (Å²) in [5.41, 5.74) is 0. The SMILES string of the molecule is CC(C)C1CC2CCC1CN2C(C)C.CC(C)N1CC2CC1CN2C(C)C.CC(C)N1CCN(C(C)C)CC1. The molecular weight excluding hydrogens is 478 g/mol. The van der Waals surface area contributed by atoms with Crippen molar-refractivity contribution < 1.29 is 0 Å². The van der Waals surface area contributed by atoms with Gasteiger partial charge in [0.2, 0.25) is 0 Å². The fourth-order valence-electron chi connectivity index (χ4n) is 8.41. The third kappa shape index (κ3) is 8.66. The molecule has 0 N–H and O–H groups in total. The minimum absolute atomic E-state index is 0.722. The van der Waals surface area contributed by atoms with Crippen LogP contribution in [0.3, 0.4) is 0 Å². The molecule has 1 saturated carbocycles. The van der Waals surface area contributed by atoms with E-state index in [1.165, 1.54) is 71.5 Å². The third-order valence-electron chi connectivity index (χ3n) is 10.9. The number of piperazine rings is 2. The van der Waals surface area contributed by atoms with E-state index in [1.807, 2.05) is 0 Å². The predicted octanol–water partition coefficient (Wildman–Crippen LogP) is 6.13. The first-order valence-electron chi connectivity index (χ1n) is 17.0. The summed E-state index contributed by atoms with van der Waals surface area (Å²) >= 11 is 0. The first-order chi connectivity index (χ1) is 18.3. The monoisotopic (exact) mass is 548 g/mol. The number of rotatable bonds is 6. The molecule has 4 bridgehead atoms. The standard InChI is InChI=1S/C13H25N.C11H22N2.C10H22N2/c1-9(2)13-7-12-6-5-11(13)8-14(12)10(3)4;1-8(2)12-6-11-5-10(12)7-13(11)9(3)4;1-9(2)11-5-7-12(8-6-11)10(3)4/h9-13H,5-8H2,1-4H3;8-11H,5-7H2,1-4H3;9-10H,5-8H2,1-4H3. The van der Waals surface area contributed by atoms with E-state index in [0.29, 0.717) is 0 Å². The van der Waals surface area contributed by atoms with Gasteiger partial charge in [0.05, 0.1) is 0 Å². The zero-order valence-corrected chi connectivity index (χ0v) is 28.4. The fourth-order valence-corrected chi connectivity index (χ4v) is 8.41. The van der Waals surface area contributed by atoms with Gasteiger partial charge in [0.25, 0.3) is 0 Å². The first-order valence-corrected chi connectivity index (χ1v) is 17.0. The first kappa shape index (κ1) is 33.3. The lowest BCUT2D eigenvalue weighted by atomic mass is 9.67. The Kier molecular flexibility index (Phi) is 12.6. The fraction of sp³-hybridized carbons (Fsp3) is 1.00. The Morgan fingerprint density at radius 2 is 0.846 bits per heavy atom. The molecule has 5 unspecified atom stereocenters. The van der Waals surface area contributed by atoms with Crippen molar-refractivity contribution in [3.05, 3.63) is 0 Å². The maximum Gasteiger partial charge on any atom is 0.0242 e. The molecule has 0 aromatic rings. The summed E-state index contributed by atoms with van der Waals surface area (Å²) in [6, 6.07) is 6.30. The molecule has 5 atom stereocenters. The highest BCUT2D eigenvalue weighted by Gasteiger charge is 2.44. The molecular formula is C34H69N5. The van der Waals surface area contributed by atoms with Crippen molar-refractivity contribution in [3.8, 4) is 0 Å². The Balaban J connectivity index is 0.000000162. The lowest BCUT2D eigenvalue weighted by molar-refractivity contribution is -0.0287. The highest BCUT2D eigenvalue weighted by Crippen LogP contribution is 2.43. The molecule has 5 heteroatoms. The van der Waals surface area contributed by atoms with Crippen molar-refractivity contribution in [1.29, 1.82) is 0 Å². The lowest BCUT2D eigenvalue weighted by Gasteiger charge is -2.52. The number of likely N-dealkylation sites (tertiary alicyclic amines) is 2. The van der Waals surface area contributed by atoms with Gasteiger partial charge < -0.3 is 0 Å². The Hall–Kier alpha value is -0.200. The Bertz CT molecular complexity index is 638. The zero-order valence-electron chi connectivity index (χ0n) is 28.4. The van der Waals surface area contributed by atoms with Crippen molar-refractivity contribution in [2.24, 2.45) is 17.8 Å². The van der Waals surface area contributed by atoms with Crippen LogP contribution in [-0.4, -0.2) is 119 Å². The topological polar surface area (TPSA) is 16.2 Å². The summed E-state index contributed by atoms with van der Waals surface area (Å²) in [6.45, 7) is 36.9. The number of piperidine rings is 2. The number of fused-ring (bicyclic) bond motifs is 5. The van der Waals surface area contributed by atoms with Crippen LogP contribution >= 0.6 is 0 Å². The molecule has 5 heterocycles. The van der Waals surface area contributed by atoms with Gasteiger partial charge in [-0.25, -0.2) is 0 Å². The highest BCUT2D eigenvalue weighted by atomic mass is 15.4. The van der Waals surface area contributed by atoms with Crippen LogP contribution in [0.15, 0.2) is 0 Å². The van der Waals surface area contributed by atoms with E-state index in [-0.39, 0.29) is 0 Å². The summed E-state index contributed by atoms with van der Waals surface area (Å²) in [4.78, 5) is 13.2. The third-order valence-corrected chi connectivity index (χ3v) is 10.9. The molecule has 6 fully saturated rings. The lowest BCUT2D eigenvalue weighted by Crippen LogP contribution is -2.55. The van der Waals surface area contributed by atoms with Crippen LogP contribution < -0.4 is 0 Å². The van der Waals surface area contributed by atoms with Gasteiger partial charge in [0.15, 0.2) is 0 Å². The normalized spacial score (nSPS) is 32.6. The number of hydrogen-bond acceptors (Lipinski definition) is 5. The largest absolute Gasteiger partial charge is 0.298 e. The van der Waals surface area contributed by atoms with Gasteiger partial charge in [-0.2, -0.15) is 0 Å². The summed E-state index contributed by atoms with van der Waals surface area (Å²) in [6.07, 6.45) is 5.85. The Labute approximate surface area is 245 Å². The molecule has 6 aliphatic rings. The molecule has 5 aliphatic heterocycles. The second-order valence-electron chi connectivity index (χ2n) is 15.3. The van der Waals surface area contributed by atoms with Crippen molar-refractivity contribution >= 4 is 0 Å². The molecule has 6 rings (SSSR count). The van der Waals surface area contributed by atoms with Crippen LogP contribution in [0.2, 0.25) is 0 Å². The minimum Gasteiger partial charge on any atom is -0.298 e. The van der Waals surface area contributed by atoms with E-state index < -0.39 is 0 Å². The maximum absolute atomic E-state index is 2.74. The second-order valence-corrected chi connectivity index (χ2v) is 15.3. The number of hydrogen-bond donors (Lipinski definition) is 0. The average Bonchev–Trinajstić information content (AvgIpc) is 3.51. The van der Waals surface area contributed by atoms with Crippen LogP contribution in [0.4, 0.5) is 0 Å². The quantitative estimate of drug-likeness (QED) is 0.396. The van der Waals surface area contributed by atoms with Crippen molar-refractivity contribution in [3.63, 3.8) is 0 Å². The summed E-state index contributed by atoms with van der Waals surface area (Å²) in [5.74, 6) is 2.92. The van der Waals surface area contributed by atoms with E-state index in [2.05, 4.69) is 108 Å². The van der Waals surface area contributed by atoms with Gasteiger partial charge in [-0.05, 0) is 113 Å². The van der Waals surface area contributed by atoms with E-state index in [9.17, 15) is 0 Å². The summed E-state index contributed by atoms with van der Waals surface area (Å²) in [7, 11) is 0. The molecule has 0 radical (unpaired) electrons. The molecule has 0 aromatic carbocycles. The van der Waals surface area contributed by atoms with Gasteiger partial charge in [0, 0.05) is 94.1 Å². The molecule has 0 amide bonds. The van der Waals surface area contributed by atoms with Crippen LogP contribution in [0, 0.1) is 17.8 Å². The summed E-state index contributed by atoms with van der Waals surface area (Å²) < 4.78 is 0. The van der Waals surface area contributed by atoms with Crippen LogP contribution in [0.1, 0.15) is 109 Å². The Morgan fingerprint density at radius 1 is 0.436 bits per heavy atom. The van der Waals surface area contributed by atoms with Gasteiger partial charge >= 0.3 is 0 Å². The number of nitrogens with zero attached hydrogens (tertiary/aromatic N) is 5. The highest BCUT2D eigenvalue weighted by molar-refractivity contribution is 5.01. The maximum atomic E-state index is 2.74. The van der Waals surface area contributed by atoms with Crippen molar-refractivity contribution in [2.75, 3.05) is 45.8 Å². The van der Waals surface area contributed by atoms with Crippen LogP contribution in [0.5, 0.6) is 0 Å². The van der Waals surface area contributed by atoms with Crippen molar-refractivity contribution in [1.82, 2.24) is 24.5 Å². The van der Waals surface area contributed by atoms with E-state index in [0.717, 1.165) is 66.1 Å². The molecule has 5 saturated heterocycles. The van der Waals surface area contributed by atoms with Gasteiger partial charge in [-0.3, -0.25) is 24.5 Å². The Morgan fingerprint density at radius 3 is 1.13 bits per heavy atom. The summed E-state index contributed by atoms with van der Waals surface area (Å²) in [5, 5.41) is 0. The minimum atomic E-state index is 0.722. The molecule has 0 spiro atoms. The molecule has 39 heavy (non-hydrogen) atoms. The molecule has 5 nitrogen and oxygen atoms in total. The van der Waals surface area contributed by atoms with Gasteiger partial charge in [-0.15, -0.1) is 0 Å². The van der Waals surface area contributed by atoms with Crippen molar-refractivity contribution in [2.45, 2.75) is 157 Å². The second kappa shape index (κ2) is 14.8. The smallest absolute Gasteiger partial charge is 0.0242 e. The molecule has 1 aliphatic carbocycles.